The molecule has 5 heteroatoms. The Labute approximate surface area is 195 Å². The Balaban J connectivity index is 1.39. The normalized spacial score (nSPS) is 16.2. The molecular formula is C28H31NO4. The first-order chi connectivity index (χ1) is 15.9. The zero-order valence-electron chi connectivity index (χ0n) is 19.5. The fourth-order valence-corrected chi connectivity index (χ4v) is 3.88. The largest absolute Gasteiger partial charge is 0.491 e. The number of amides is 1. The lowest BCUT2D eigenvalue weighted by Crippen LogP contribution is -2.34. The quantitative estimate of drug-likeness (QED) is 0.487. The summed E-state index contributed by atoms with van der Waals surface area (Å²) in [7, 11) is 0. The maximum Gasteiger partial charge on any atom is 0.234 e. The molecule has 0 radical (unpaired) electrons. The predicted molar refractivity (Wildman–Crippen MR) is 130 cm³/mol. The van der Waals surface area contributed by atoms with Crippen LogP contribution < -0.4 is 19.5 Å². The van der Waals surface area contributed by atoms with Crippen molar-refractivity contribution in [3.8, 4) is 17.2 Å². The average molecular weight is 446 g/mol. The summed E-state index contributed by atoms with van der Waals surface area (Å²) in [5.41, 5.74) is 3.29. The van der Waals surface area contributed by atoms with E-state index < -0.39 is 5.41 Å². The van der Waals surface area contributed by atoms with Gasteiger partial charge in [0.1, 0.15) is 5.75 Å². The van der Waals surface area contributed by atoms with Crippen LogP contribution in [0.3, 0.4) is 0 Å². The first-order valence-corrected chi connectivity index (χ1v) is 11.5. The Morgan fingerprint density at radius 1 is 1.15 bits per heavy atom. The van der Waals surface area contributed by atoms with Crippen molar-refractivity contribution in [2.45, 2.75) is 51.6 Å². The molecule has 2 aliphatic rings. The van der Waals surface area contributed by atoms with Gasteiger partial charge in [-0.15, -0.1) is 0 Å². The summed E-state index contributed by atoms with van der Waals surface area (Å²) in [5, 5.41) is 3.13. The molecule has 0 saturated heterocycles. The Bertz CT molecular complexity index is 1090. The summed E-state index contributed by atoms with van der Waals surface area (Å²) in [6, 6.07) is 13.7. The molecule has 4 rings (SSSR count). The predicted octanol–water partition coefficient (Wildman–Crippen LogP) is 5.91. The van der Waals surface area contributed by atoms with Gasteiger partial charge >= 0.3 is 0 Å². The van der Waals surface area contributed by atoms with E-state index in [9.17, 15) is 4.79 Å². The Hall–Kier alpha value is -3.47. The van der Waals surface area contributed by atoms with Crippen LogP contribution in [0.1, 0.15) is 51.2 Å². The van der Waals surface area contributed by atoms with Gasteiger partial charge in [0.25, 0.3) is 0 Å². The molecule has 1 N–H and O–H groups in total. The molecule has 0 spiro atoms. The lowest BCUT2D eigenvalue weighted by Gasteiger charge is -2.17. The van der Waals surface area contributed by atoms with Crippen LogP contribution in [0.5, 0.6) is 17.2 Å². The topological polar surface area (TPSA) is 56.8 Å². The highest BCUT2D eigenvalue weighted by Crippen LogP contribution is 2.50. The number of hydrogen-bond donors (Lipinski definition) is 1. The van der Waals surface area contributed by atoms with Gasteiger partial charge in [0, 0.05) is 5.70 Å². The molecule has 1 fully saturated rings. The van der Waals surface area contributed by atoms with Gasteiger partial charge in [-0.3, -0.25) is 4.79 Å². The van der Waals surface area contributed by atoms with Crippen molar-refractivity contribution >= 4 is 11.5 Å². The van der Waals surface area contributed by atoms with Crippen molar-refractivity contribution in [3.63, 3.8) is 0 Å². The monoisotopic (exact) mass is 445 g/mol. The SMILES string of the molecule is C=C(/C=C\C=C(/CC)NC(=O)C1(c2ccc3c(c2)OCO3)CC1)c1ccc(OC(C)C)cc1. The summed E-state index contributed by atoms with van der Waals surface area (Å²) in [5.74, 6) is 2.32. The molecule has 0 bridgehead atoms. The molecule has 1 saturated carbocycles. The van der Waals surface area contributed by atoms with Gasteiger partial charge < -0.3 is 19.5 Å². The molecule has 2 aromatic rings. The first-order valence-electron chi connectivity index (χ1n) is 11.5. The molecule has 0 unspecified atom stereocenters. The fraction of sp³-hybridized carbons (Fsp3) is 0.321. The van der Waals surface area contributed by atoms with Gasteiger partial charge in [-0.2, -0.15) is 0 Å². The van der Waals surface area contributed by atoms with Crippen LogP contribution in [0.15, 0.2) is 73.0 Å². The summed E-state index contributed by atoms with van der Waals surface area (Å²) in [6.07, 6.45) is 8.35. The first kappa shape index (κ1) is 22.7. The number of carbonyl (C=O) groups excluding carboxylic acids is 1. The van der Waals surface area contributed by atoms with E-state index in [-0.39, 0.29) is 18.8 Å². The second-order valence-electron chi connectivity index (χ2n) is 8.73. The maximum atomic E-state index is 13.1. The summed E-state index contributed by atoms with van der Waals surface area (Å²) in [6.45, 7) is 10.4. The number of carbonyl (C=O) groups is 1. The highest BCUT2D eigenvalue weighted by Gasteiger charge is 2.51. The number of nitrogens with one attached hydrogen (secondary N) is 1. The number of ether oxygens (including phenoxy) is 3. The van der Waals surface area contributed by atoms with E-state index >= 15 is 0 Å². The van der Waals surface area contributed by atoms with Crippen molar-refractivity contribution < 1.29 is 19.0 Å². The number of fused-ring (bicyclic) bond motifs is 1. The third-order valence-corrected chi connectivity index (χ3v) is 5.96. The molecule has 5 nitrogen and oxygen atoms in total. The van der Waals surface area contributed by atoms with E-state index in [1.54, 1.807) is 0 Å². The lowest BCUT2D eigenvalue weighted by molar-refractivity contribution is -0.122. The number of benzene rings is 2. The van der Waals surface area contributed by atoms with Gasteiger partial charge in [-0.25, -0.2) is 0 Å². The zero-order chi connectivity index (χ0) is 23.4. The summed E-state index contributed by atoms with van der Waals surface area (Å²) in [4.78, 5) is 13.1. The van der Waals surface area contributed by atoms with E-state index in [4.69, 9.17) is 14.2 Å². The molecular weight excluding hydrogens is 414 g/mol. The Morgan fingerprint density at radius 3 is 2.55 bits per heavy atom. The number of hydrogen-bond acceptors (Lipinski definition) is 4. The molecule has 33 heavy (non-hydrogen) atoms. The minimum Gasteiger partial charge on any atom is -0.491 e. The molecule has 1 amide bonds. The van der Waals surface area contributed by atoms with E-state index in [1.165, 1.54) is 0 Å². The van der Waals surface area contributed by atoms with E-state index in [1.807, 2.05) is 81.5 Å². The van der Waals surface area contributed by atoms with Crippen molar-refractivity contribution in [3.05, 3.63) is 84.1 Å². The molecule has 0 atom stereocenters. The minimum atomic E-state index is -0.484. The number of rotatable bonds is 9. The van der Waals surface area contributed by atoms with Gasteiger partial charge in [0.2, 0.25) is 12.7 Å². The third-order valence-electron chi connectivity index (χ3n) is 5.96. The Morgan fingerprint density at radius 2 is 1.88 bits per heavy atom. The standard InChI is InChI=1S/C28H31NO4/c1-5-23(8-6-7-20(4)21-9-12-24(13-10-21)33-19(2)3)29-27(30)28(15-16-28)22-11-14-25-26(17-22)32-18-31-25/h6-14,17,19H,4-5,15-16,18H2,1-3H3,(H,29,30)/b7-6-,23-8+. The van der Waals surface area contributed by atoms with Gasteiger partial charge in [-0.1, -0.05) is 43.9 Å². The number of allylic oxidation sites excluding steroid dienone is 5. The van der Waals surface area contributed by atoms with Gasteiger partial charge in [0.05, 0.1) is 11.5 Å². The Kier molecular flexibility index (Phi) is 6.59. The van der Waals surface area contributed by atoms with Crippen molar-refractivity contribution in [1.82, 2.24) is 5.32 Å². The van der Waals surface area contributed by atoms with Crippen LogP contribution in [0.2, 0.25) is 0 Å². The van der Waals surface area contributed by atoms with Gasteiger partial charge in [0.15, 0.2) is 11.5 Å². The maximum absolute atomic E-state index is 13.1. The highest BCUT2D eigenvalue weighted by molar-refractivity contribution is 5.92. The summed E-state index contributed by atoms with van der Waals surface area (Å²) < 4.78 is 16.6. The van der Waals surface area contributed by atoms with Crippen molar-refractivity contribution in [2.75, 3.05) is 6.79 Å². The molecule has 2 aromatic carbocycles. The lowest BCUT2D eigenvalue weighted by atomic mass is 9.94. The molecule has 1 heterocycles. The van der Waals surface area contributed by atoms with Crippen molar-refractivity contribution in [2.24, 2.45) is 0 Å². The average Bonchev–Trinajstić information content (AvgIpc) is 3.49. The zero-order valence-corrected chi connectivity index (χ0v) is 19.5. The summed E-state index contributed by atoms with van der Waals surface area (Å²) >= 11 is 0. The van der Waals surface area contributed by atoms with Crippen molar-refractivity contribution in [1.29, 1.82) is 0 Å². The molecule has 1 aliphatic heterocycles. The molecule has 172 valence electrons. The minimum absolute atomic E-state index is 0.0300. The smallest absolute Gasteiger partial charge is 0.234 e. The van der Waals surface area contributed by atoms with Crippen LogP contribution in [0, 0.1) is 0 Å². The van der Waals surface area contributed by atoms with Crippen LogP contribution in [-0.4, -0.2) is 18.8 Å². The molecule has 1 aliphatic carbocycles. The fourth-order valence-electron chi connectivity index (χ4n) is 3.88. The second-order valence-corrected chi connectivity index (χ2v) is 8.73. The van der Waals surface area contributed by atoms with Gasteiger partial charge in [-0.05, 0) is 80.2 Å². The van der Waals surface area contributed by atoms with E-state index in [0.29, 0.717) is 5.75 Å². The second kappa shape index (κ2) is 9.57. The van der Waals surface area contributed by atoms with E-state index in [0.717, 1.165) is 53.2 Å². The van der Waals surface area contributed by atoms with Crippen LogP contribution in [0.4, 0.5) is 0 Å². The third kappa shape index (κ3) is 5.14. The van der Waals surface area contributed by atoms with Crippen LogP contribution >= 0.6 is 0 Å². The van der Waals surface area contributed by atoms with E-state index in [2.05, 4.69) is 11.9 Å². The van der Waals surface area contributed by atoms with Crippen LogP contribution in [0.25, 0.3) is 5.57 Å². The van der Waals surface area contributed by atoms with Crippen LogP contribution in [-0.2, 0) is 10.2 Å². The molecule has 0 aromatic heterocycles. The highest BCUT2D eigenvalue weighted by atomic mass is 16.7.